The summed E-state index contributed by atoms with van der Waals surface area (Å²) in [4.78, 5) is 15.2. The zero-order chi connectivity index (χ0) is 13.4. The third kappa shape index (κ3) is 2.07. The van der Waals surface area contributed by atoms with E-state index in [0.717, 1.165) is 41.5 Å². The van der Waals surface area contributed by atoms with Crippen molar-refractivity contribution in [3.63, 3.8) is 0 Å². The molecule has 1 aliphatic rings. The van der Waals surface area contributed by atoms with Crippen molar-refractivity contribution in [2.45, 2.75) is 32.1 Å². The highest BCUT2D eigenvalue weighted by Gasteiger charge is 2.20. The number of para-hydroxylation sites is 1. The Kier molecular flexibility index (Phi) is 2.93. The first kappa shape index (κ1) is 12.1. The lowest BCUT2D eigenvalue weighted by molar-refractivity contribution is -0.136. The molecular formula is C15H14FNO2. The molecule has 2 aromatic rings. The summed E-state index contributed by atoms with van der Waals surface area (Å²) in [6.07, 6.45) is 3.31. The number of aliphatic carboxylic acids is 1. The number of halogens is 1. The van der Waals surface area contributed by atoms with Crippen molar-refractivity contribution in [2.75, 3.05) is 0 Å². The first-order chi connectivity index (χ1) is 9.16. The van der Waals surface area contributed by atoms with Gasteiger partial charge in [0.25, 0.3) is 0 Å². The van der Waals surface area contributed by atoms with Crippen molar-refractivity contribution in [1.82, 2.24) is 4.98 Å². The van der Waals surface area contributed by atoms with Crippen LogP contribution in [-0.2, 0) is 24.1 Å². The van der Waals surface area contributed by atoms with Crippen LogP contribution in [0, 0.1) is 5.82 Å². The second-order valence-corrected chi connectivity index (χ2v) is 4.90. The molecule has 0 amide bonds. The van der Waals surface area contributed by atoms with Gasteiger partial charge in [0.1, 0.15) is 11.3 Å². The van der Waals surface area contributed by atoms with Crippen molar-refractivity contribution in [3.8, 4) is 0 Å². The van der Waals surface area contributed by atoms with Crippen LogP contribution in [0.5, 0.6) is 0 Å². The van der Waals surface area contributed by atoms with Crippen LogP contribution in [0.25, 0.3) is 10.9 Å². The molecule has 1 N–H and O–H groups in total. The quantitative estimate of drug-likeness (QED) is 0.922. The Morgan fingerprint density at radius 1 is 1.37 bits per heavy atom. The highest BCUT2D eigenvalue weighted by Crippen LogP contribution is 2.31. The van der Waals surface area contributed by atoms with Crippen LogP contribution >= 0.6 is 0 Å². The molecule has 0 atom stereocenters. The summed E-state index contributed by atoms with van der Waals surface area (Å²) >= 11 is 0. The highest BCUT2D eigenvalue weighted by molar-refractivity contribution is 5.85. The van der Waals surface area contributed by atoms with E-state index in [1.807, 2.05) is 6.07 Å². The fraction of sp³-hybridized carbons (Fsp3) is 0.333. The lowest BCUT2D eigenvalue weighted by Gasteiger charge is -2.12. The fourth-order valence-electron chi connectivity index (χ4n) is 2.86. The molecule has 3 nitrogen and oxygen atoms in total. The molecule has 1 aliphatic carbocycles. The van der Waals surface area contributed by atoms with Gasteiger partial charge in [0.15, 0.2) is 0 Å². The summed E-state index contributed by atoms with van der Waals surface area (Å²) in [5.74, 6) is -1.16. The number of hydrogen-bond acceptors (Lipinski definition) is 2. The SMILES string of the molecule is O=C(O)CCc1c2c(nc3c(F)cccc13)CCC2. The van der Waals surface area contributed by atoms with Crippen LogP contribution in [0.2, 0.25) is 0 Å². The monoisotopic (exact) mass is 259 g/mol. The minimum atomic E-state index is -0.826. The molecule has 0 radical (unpaired) electrons. The molecule has 0 fully saturated rings. The summed E-state index contributed by atoms with van der Waals surface area (Å²) in [7, 11) is 0. The van der Waals surface area contributed by atoms with E-state index >= 15 is 0 Å². The summed E-state index contributed by atoms with van der Waals surface area (Å²) < 4.78 is 13.9. The maximum Gasteiger partial charge on any atom is 0.303 e. The lowest BCUT2D eigenvalue weighted by atomic mass is 9.97. The molecule has 0 aliphatic heterocycles. The maximum absolute atomic E-state index is 13.9. The lowest BCUT2D eigenvalue weighted by Crippen LogP contribution is -2.04. The van der Waals surface area contributed by atoms with E-state index in [2.05, 4.69) is 4.98 Å². The Labute approximate surface area is 110 Å². The van der Waals surface area contributed by atoms with E-state index in [-0.39, 0.29) is 12.2 Å². The predicted molar refractivity (Wildman–Crippen MR) is 69.7 cm³/mol. The van der Waals surface area contributed by atoms with Crippen LogP contribution in [-0.4, -0.2) is 16.1 Å². The summed E-state index contributed by atoms with van der Waals surface area (Å²) in [5.41, 5.74) is 3.43. The number of carbonyl (C=O) groups is 1. The topological polar surface area (TPSA) is 50.2 Å². The van der Waals surface area contributed by atoms with Gasteiger partial charge in [0, 0.05) is 17.5 Å². The van der Waals surface area contributed by atoms with Gasteiger partial charge in [0.05, 0.1) is 0 Å². The van der Waals surface area contributed by atoms with Crippen LogP contribution in [0.15, 0.2) is 18.2 Å². The number of nitrogens with zero attached hydrogens (tertiary/aromatic N) is 1. The van der Waals surface area contributed by atoms with E-state index in [9.17, 15) is 9.18 Å². The third-order valence-corrected chi connectivity index (χ3v) is 3.70. The number of fused-ring (bicyclic) bond motifs is 2. The molecule has 0 saturated carbocycles. The molecule has 3 rings (SSSR count). The van der Waals surface area contributed by atoms with Gasteiger partial charge >= 0.3 is 5.97 Å². The number of aryl methyl sites for hydroxylation is 2. The van der Waals surface area contributed by atoms with E-state index in [4.69, 9.17) is 5.11 Å². The number of hydrogen-bond donors (Lipinski definition) is 1. The van der Waals surface area contributed by atoms with Crippen LogP contribution < -0.4 is 0 Å². The molecule has 0 spiro atoms. The molecule has 4 heteroatoms. The first-order valence-corrected chi connectivity index (χ1v) is 6.47. The van der Waals surface area contributed by atoms with E-state index in [1.54, 1.807) is 6.07 Å². The third-order valence-electron chi connectivity index (χ3n) is 3.70. The zero-order valence-corrected chi connectivity index (χ0v) is 10.4. The average Bonchev–Trinajstić information content (AvgIpc) is 2.83. The molecule has 0 unspecified atom stereocenters. The summed E-state index contributed by atoms with van der Waals surface area (Å²) in [6, 6.07) is 4.89. The van der Waals surface area contributed by atoms with Crippen LogP contribution in [0.4, 0.5) is 4.39 Å². The Balaban J connectivity index is 2.21. The molecule has 0 bridgehead atoms. The predicted octanol–water partition coefficient (Wildman–Crippen LogP) is 2.88. The molecule has 1 heterocycles. The minimum Gasteiger partial charge on any atom is -0.481 e. The van der Waals surface area contributed by atoms with Crippen LogP contribution in [0.1, 0.15) is 29.7 Å². The number of carboxylic acid groups (broad SMARTS) is 1. The number of aromatic nitrogens is 1. The smallest absolute Gasteiger partial charge is 0.303 e. The average molecular weight is 259 g/mol. The summed E-state index contributed by atoms with van der Waals surface area (Å²) in [5, 5.41) is 9.63. The number of carboxylic acids is 1. The normalized spacial score (nSPS) is 13.7. The second kappa shape index (κ2) is 4.61. The van der Waals surface area contributed by atoms with Crippen molar-refractivity contribution in [1.29, 1.82) is 0 Å². The molecule has 98 valence electrons. The zero-order valence-electron chi connectivity index (χ0n) is 10.4. The standard InChI is InChI=1S/C15H14FNO2/c16-12-5-1-4-11-9(7-8-14(18)19)10-3-2-6-13(10)17-15(11)12/h1,4-5H,2-3,6-8H2,(H,18,19). The van der Waals surface area contributed by atoms with Gasteiger partial charge in [-0.25, -0.2) is 9.37 Å². The maximum atomic E-state index is 13.9. The minimum absolute atomic E-state index is 0.0715. The van der Waals surface area contributed by atoms with Gasteiger partial charge in [-0.2, -0.15) is 0 Å². The second-order valence-electron chi connectivity index (χ2n) is 4.90. The van der Waals surface area contributed by atoms with Gasteiger partial charge in [0.2, 0.25) is 0 Å². The van der Waals surface area contributed by atoms with Crippen molar-refractivity contribution >= 4 is 16.9 Å². The first-order valence-electron chi connectivity index (χ1n) is 6.47. The van der Waals surface area contributed by atoms with Gasteiger partial charge < -0.3 is 5.11 Å². The fourth-order valence-corrected chi connectivity index (χ4v) is 2.86. The van der Waals surface area contributed by atoms with E-state index < -0.39 is 5.97 Å². The Morgan fingerprint density at radius 3 is 3.00 bits per heavy atom. The molecule has 0 saturated heterocycles. The van der Waals surface area contributed by atoms with Crippen LogP contribution in [0.3, 0.4) is 0 Å². The molecule has 1 aromatic heterocycles. The Bertz CT molecular complexity index is 667. The van der Waals surface area contributed by atoms with E-state index in [1.165, 1.54) is 6.07 Å². The molecule has 19 heavy (non-hydrogen) atoms. The number of rotatable bonds is 3. The Morgan fingerprint density at radius 2 is 2.21 bits per heavy atom. The Hall–Kier alpha value is -1.97. The van der Waals surface area contributed by atoms with E-state index in [0.29, 0.717) is 11.9 Å². The van der Waals surface area contributed by atoms with Gasteiger partial charge in [-0.05, 0) is 42.9 Å². The van der Waals surface area contributed by atoms with Gasteiger partial charge in [-0.1, -0.05) is 12.1 Å². The van der Waals surface area contributed by atoms with Crippen molar-refractivity contribution < 1.29 is 14.3 Å². The summed E-state index contributed by atoms with van der Waals surface area (Å²) in [6.45, 7) is 0. The van der Waals surface area contributed by atoms with Crippen molar-refractivity contribution in [2.24, 2.45) is 0 Å². The van der Waals surface area contributed by atoms with Crippen molar-refractivity contribution in [3.05, 3.63) is 40.8 Å². The molecule has 1 aromatic carbocycles. The number of pyridine rings is 1. The molecular weight excluding hydrogens is 245 g/mol. The van der Waals surface area contributed by atoms with Gasteiger partial charge in [-0.15, -0.1) is 0 Å². The van der Waals surface area contributed by atoms with Gasteiger partial charge in [-0.3, -0.25) is 4.79 Å². The highest BCUT2D eigenvalue weighted by atomic mass is 19.1. The number of benzene rings is 1. The largest absolute Gasteiger partial charge is 0.481 e.